The van der Waals surface area contributed by atoms with Crippen LogP contribution in [0.4, 0.5) is 14.5 Å². The summed E-state index contributed by atoms with van der Waals surface area (Å²) in [7, 11) is -3.64. The predicted molar refractivity (Wildman–Crippen MR) is 123 cm³/mol. The van der Waals surface area contributed by atoms with Crippen molar-refractivity contribution in [2.75, 3.05) is 37.8 Å². The Kier molecular flexibility index (Phi) is 6.41. The van der Waals surface area contributed by atoms with Gasteiger partial charge in [-0.25, -0.2) is 17.2 Å². The summed E-state index contributed by atoms with van der Waals surface area (Å²) >= 11 is 6.15. The minimum atomic E-state index is -3.64. The standard InChI is InChI=1S/C23H25ClF2N2O4S/c1-14(33(2,30)31)21-18(25)12-16(13-19(21)26)32-10-9-28-7-5-23(6-8-28)17-11-15(24)3-4-20(17)27-22(23)29/h3-4,11-14H,5-10H2,1-2H3,(H,27,29). The highest BCUT2D eigenvalue weighted by Crippen LogP contribution is 2.45. The lowest BCUT2D eigenvalue weighted by Gasteiger charge is -2.38. The highest BCUT2D eigenvalue weighted by atomic mass is 35.5. The van der Waals surface area contributed by atoms with Crippen molar-refractivity contribution in [2.45, 2.75) is 30.4 Å². The topological polar surface area (TPSA) is 75.7 Å². The Morgan fingerprint density at radius 3 is 2.42 bits per heavy atom. The number of hydrogen-bond acceptors (Lipinski definition) is 5. The Bertz CT molecular complexity index is 1170. The molecule has 33 heavy (non-hydrogen) atoms. The van der Waals surface area contributed by atoms with E-state index >= 15 is 0 Å². The fourth-order valence-electron chi connectivity index (χ4n) is 4.58. The number of likely N-dealkylation sites (tertiary alicyclic amines) is 1. The molecule has 0 radical (unpaired) electrons. The Balaban J connectivity index is 1.35. The van der Waals surface area contributed by atoms with Crippen LogP contribution in [0.15, 0.2) is 30.3 Å². The minimum Gasteiger partial charge on any atom is -0.492 e. The second kappa shape index (κ2) is 8.85. The van der Waals surface area contributed by atoms with Gasteiger partial charge in [0.15, 0.2) is 9.84 Å². The maximum absolute atomic E-state index is 14.4. The van der Waals surface area contributed by atoms with Crippen LogP contribution in [0, 0.1) is 11.6 Å². The number of ether oxygens (including phenoxy) is 1. The fraction of sp³-hybridized carbons (Fsp3) is 0.435. The molecule has 2 heterocycles. The SMILES string of the molecule is CC(c1c(F)cc(OCCN2CCC3(CC2)C(=O)Nc2ccc(Cl)cc23)cc1F)S(C)(=O)=O. The molecule has 4 rings (SSSR count). The Labute approximate surface area is 196 Å². The van der Waals surface area contributed by atoms with E-state index in [0.29, 0.717) is 37.5 Å². The highest BCUT2D eigenvalue weighted by molar-refractivity contribution is 7.90. The number of benzene rings is 2. The van der Waals surface area contributed by atoms with Crippen LogP contribution < -0.4 is 10.1 Å². The molecule has 2 aromatic rings. The summed E-state index contributed by atoms with van der Waals surface area (Å²) in [5, 5.41) is 2.25. The van der Waals surface area contributed by atoms with E-state index in [1.165, 1.54) is 6.92 Å². The summed E-state index contributed by atoms with van der Waals surface area (Å²) in [4.78, 5) is 14.9. The van der Waals surface area contributed by atoms with Gasteiger partial charge in [-0.2, -0.15) is 0 Å². The van der Waals surface area contributed by atoms with E-state index in [9.17, 15) is 22.0 Å². The third kappa shape index (κ3) is 4.58. The van der Waals surface area contributed by atoms with Gasteiger partial charge in [-0.3, -0.25) is 9.69 Å². The largest absolute Gasteiger partial charge is 0.492 e. The molecule has 1 unspecified atom stereocenters. The summed E-state index contributed by atoms with van der Waals surface area (Å²) in [5.74, 6) is -1.91. The number of fused-ring (bicyclic) bond motifs is 2. The normalized spacial score (nSPS) is 18.8. The van der Waals surface area contributed by atoms with Crippen LogP contribution in [0.1, 0.15) is 36.1 Å². The molecule has 0 bridgehead atoms. The molecule has 1 saturated heterocycles. The molecular weight excluding hydrogens is 474 g/mol. The zero-order valence-corrected chi connectivity index (χ0v) is 19.9. The number of sulfone groups is 1. The zero-order valence-electron chi connectivity index (χ0n) is 18.3. The minimum absolute atomic E-state index is 0.00155. The summed E-state index contributed by atoms with van der Waals surface area (Å²) in [6, 6.07) is 7.45. The van der Waals surface area contributed by atoms with Gasteiger partial charge in [0, 0.05) is 41.2 Å². The van der Waals surface area contributed by atoms with Gasteiger partial charge in [-0.1, -0.05) is 11.6 Å². The molecule has 0 saturated carbocycles. The first-order chi connectivity index (χ1) is 15.5. The number of nitrogens with zero attached hydrogens (tertiary/aromatic N) is 1. The molecule has 1 atom stereocenters. The van der Waals surface area contributed by atoms with E-state index < -0.39 is 37.7 Å². The lowest BCUT2D eigenvalue weighted by atomic mass is 9.73. The lowest BCUT2D eigenvalue weighted by Crippen LogP contribution is -2.47. The van der Waals surface area contributed by atoms with Crippen molar-refractivity contribution in [1.82, 2.24) is 4.90 Å². The van der Waals surface area contributed by atoms with Crippen LogP contribution in [0.5, 0.6) is 5.75 Å². The van der Waals surface area contributed by atoms with Gasteiger partial charge in [0.05, 0.1) is 10.7 Å². The van der Waals surface area contributed by atoms with Crippen molar-refractivity contribution in [3.05, 3.63) is 58.1 Å². The van der Waals surface area contributed by atoms with Gasteiger partial charge >= 0.3 is 0 Å². The Hall–Kier alpha value is -2.23. The first kappa shape index (κ1) is 23.9. The van der Waals surface area contributed by atoms with E-state index in [4.69, 9.17) is 16.3 Å². The summed E-state index contributed by atoms with van der Waals surface area (Å²) in [6.45, 7) is 3.29. The van der Waals surface area contributed by atoms with Crippen molar-refractivity contribution >= 4 is 33.0 Å². The van der Waals surface area contributed by atoms with E-state index in [2.05, 4.69) is 10.2 Å². The van der Waals surface area contributed by atoms with Crippen LogP contribution in [0.2, 0.25) is 5.02 Å². The monoisotopic (exact) mass is 498 g/mol. The number of anilines is 1. The second-order valence-electron chi connectivity index (χ2n) is 8.69. The van der Waals surface area contributed by atoms with Crippen molar-refractivity contribution in [1.29, 1.82) is 0 Å². The summed E-state index contributed by atoms with van der Waals surface area (Å²) < 4.78 is 57.6. The van der Waals surface area contributed by atoms with Gasteiger partial charge in [0.25, 0.3) is 0 Å². The third-order valence-electron chi connectivity index (χ3n) is 6.67. The van der Waals surface area contributed by atoms with Crippen LogP contribution in [-0.4, -0.2) is 51.7 Å². The first-order valence-electron chi connectivity index (χ1n) is 10.7. The van der Waals surface area contributed by atoms with Crippen molar-refractivity contribution < 1.29 is 26.7 Å². The van der Waals surface area contributed by atoms with Gasteiger partial charge in [0.1, 0.15) is 24.0 Å². The van der Waals surface area contributed by atoms with Crippen LogP contribution in [-0.2, 0) is 20.0 Å². The van der Waals surface area contributed by atoms with E-state index in [-0.39, 0.29) is 18.3 Å². The van der Waals surface area contributed by atoms with E-state index in [0.717, 1.165) is 29.6 Å². The van der Waals surface area contributed by atoms with Crippen molar-refractivity contribution in [3.8, 4) is 5.75 Å². The Morgan fingerprint density at radius 1 is 1.18 bits per heavy atom. The predicted octanol–water partition coefficient (Wildman–Crippen LogP) is 4.09. The molecule has 1 fully saturated rings. The van der Waals surface area contributed by atoms with Gasteiger partial charge in [0.2, 0.25) is 5.91 Å². The molecule has 10 heteroatoms. The molecule has 178 valence electrons. The molecule has 0 aliphatic carbocycles. The van der Waals surface area contributed by atoms with Gasteiger partial charge in [-0.05, 0) is 56.6 Å². The van der Waals surface area contributed by atoms with Gasteiger partial charge in [-0.15, -0.1) is 0 Å². The number of amides is 1. The molecule has 2 aliphatic heterocycles. The van der Waals surface area contributed by atoms with E-state index in [1.807, 2.05) is 12.1 Å². The third-order valence-corrected chi connectivity index (χ3v) is 8.42. The van der Waals surface area contributed by atoms with Crippen molar-refractivity contribution in [3.63, 3.8) is 0 Å². The maximum atomic E-state index is 14.4. The first-order valence-corrected chi connectivity index (χ1v) is 13.0. The molecule has 1 spiro atoms. The Morgan fingerprint density at radius 2 is 1.82 bits per heavy atom. The van der Waals surface area contributed by atoms with Crippen LogP contribution in [0.25, 0.3) is 0 Å². The number of rotatable bonds is 6. The second-order valence-corrected chi connectivity index (χ2v) is 11.5. The number of piperidine rings is 1. The van der Waals surface area contributed by atoms with E-state index in [1.54, 1.807) is 6.07 Å². The van der Waals surface area contributed by atoms with Crippen LogP contribution >= 0.6 is 11.6 Å². The molecule has 6 nitrogen and oxygen atoms in total. The maximum Gasteiger partial charge on any atom is 0.235 e. The highest BCUT2D eigenvalue weighted by Gasteiger charge is 2.48. The molecule has 0 aromatic heterocycles. The molecule has 2 aromatic carbocycles. The quantitative estimate of drug-likeness (QED) is 0.649. The number of carbonyl (C=O) groups is 1. The molecular formula is C23H25ClF2N2O4S. The lowest BCUT2D eigenvalue weighted by molar-refractivity contribution is -0.122. The summed E-state index contributed by atoms with van der Waals surface area (Å²) in [5.41, 5.74) is 0.668. The van der Waals surface area contributed by atoms with Crippen LogP contribution in [0.3, 0.4) is 0 Å². The number of nitrogens with one attached hydrogen (secondary N) is 1. The summed E-state index contributed by atoms with van der Waals surface area (Å²) in [6.07, 6.45) is 2.20. The fourth-order valence-corrected chi connectivity index (χ4v) is 5.41. The smallest absolute Gasteiger partial charge is 0.235 e. The number of halogens is 3. The van der Waals surface area contributed by atoms with Gasteiger partial charge < -0.3 is 10.1 Å². The zero-order chi connectivity index (χ0) is 24.0. The average Bonchev–Trinajstić information content (AvgIpc) is 2.99. The molecule has 1 N–H and O–H groups in total. The average molecular weight is 499 g/mol. The molecule has 1 amide bonds. The molecule has 2 aliphatic rings. The number of carbonyl (C=O) groups excluding carboxylic acids is 1. The van der Waals surface area contributed by atoms with Crippen molar-refractivity contribution in [2.24, 2.45) is 0 Å². The number of hydrogen-bond donors (Lipinski definition) is 1.